The highest BCUT2D eigenvalue weighted by Crippen LogP contribution is 2.56. The molecule has 0 N–H and O–H groups in total. The lowest BCUT2D eigenvalue weighted by atomic mass is 9.71. The first-order valence-electron chi connectivity index (χ1n) is 5.90. The molecule has 2 saturated heterocycles. The molecule has 18 heavy (non-hydrogen) atoms. The molecule has 1 saturated carbocycles. The van der Waals surface area contributed by atoms with E-state index in [4.69, 9.17) is 4.74 Å². The zero-order valence-corrected chi connectivity index (χ0v) is 11.1. The molecule has 0 aromatic rings. The molecule has 1 aliphatic carbocycles. The molecule has 3 rings (SSSR count). The highest BCUT2D eigenvalue weighted by Gasteiger charge is 2.73. The summed E-state index contributed by atoms with van der Waals surface area (Å²) in [5.74, 6) is -0.570. The third-order valence-corrected chi connectivity index (χ3v) is 3.36. The van der Waals surface area contributed by atoms with Gasteiger partial charge in [-0.25, -0.2) is 14.0 Å². The lowest BCUT2D eigenvalue weighted by molar-refractivity contribution is -0.158. The van der Waals surface area contributed by atoms with Gasteiger partial charge in [0.2, 0.25) is 0 Å². The minimum absolute atomic E-state index is 0.00587. The molecule has 3 aliphatic rings. The fourth-order valence-electron chi connectivity index (χ4n) is 2.73. The minimum atomic E-state index is -1.47. The first kappa shape index (κ1) is 13.1. The number of hydrogen-bond acceptors (Lipinski definition) is 4. The summed E-state index contributed by atoms with van der Waals surface area (Å²) in [4.78, 5) is 24.9. The van der Waals surface area contributed by atoms with Crippen molar-refractivity contribution in [2.75, 3.05) is 13.7 Å². The highest BCUT2D eigenvalue weighted by atomic mass is 19.1. The number of ether oxygens (including phenoxy) is 2. The van der Waals surface area contributed by atoms with E-state index in [9.17, 15) is 14.0 Å². The number of alkyl halides is 1. The number of nitrogens with zero attached hydrogens (tertiary/aromatic N) is 1. The molecule has 0 spiro atoms. The first-order chi connectivity index (χ1) is 8.12. The quantitative estimate of drug-likeness (QED) is 0.672. The Bertz CT molecular complexity index is 395. The lowest BCUT2D eigenvalue weighted by Crippen LogP contribution is -2.58. The van der Waals surface area contributed by atoms with Crippen molar-refractivity contribution in [3.05, 3.63) is 0 Å². The van der Waals surface area contributed by atoms with Gasteiger partial charge in [0, 0.05) is 12.8 Å². The van der Waals surface area contributed by atoms with Crippen LogP contribution >= 0.6 is 0 Å². The van der Waals surface area contributed by atoms with Gasteiger partial charge in [0.1, 0.15) is 16.8 Å². The van der Waals surface area contributed by atoms with Crippen LogP contribution in [0.3, 0.4) is 0 Å². The molecule has 6 heteroatoms. The van der Waals surface area contributed by atoms with Crippen LogP contribution in [0.2, 0.25) is 0 Å². The van der Waals surface area contributed by atoms with Crippen LogP contribution in [0.1, 0.15) is 33.6 Å². The Morgan fingerprint density at radius 1 is 1.28 bits per heavy atom. The molecule has 0 radical (unpaired) electrons. The average Bonchev–Trinajstić information content (AvgIpc) is 2.63. The number of halogens is 1. The van der Waals surface area contributed by atoms with E-state index in [1.54, 1.807) is 20.8 Å². The molecule has 2 aliphatic heterocycles. The van der Waals surface area contributed by atoms with Crippen molar-refractivity contribution in [2.24, 2.45) is 0 Å². The van der Waals surface area contributed by atoms with Crippen molar-refractivity contribution >= 4 is 12.1 Å². The maximum Gasteiger partial charge on any atom is 0.411 e. The fourth-order valence-corrected chi connectivity index (χ4v) is 2.73. The smallest absolute Gasteiger partial charge is 0.411 e. The second-order valence-corrected chi connectivity index (χ2v) is 6.09. The van der Waals surface area contributed by atoms with E-state index in [0.29, 0.717) is 0 Å². The summed E-state index contributed by atoms with van der Waals surface area (Å²) in [6, 6.07) is 0. The Morgan fingerprint density at radius 3 is 2.28 bits per heavy atom. The summed E-state index contributed by atoms with van der Waals surface area (Å²) in [6.45, 7) is 5.07. The van der Waals surface area contributed by atoms with E-state index in [-0.39, 0.29) is 19.4 Å². The van der Waals surface area contributed by atoms with Gasteiger partial charge >= 0.3 is 12.1 Å². The van der Waals surface area contributed by atoms with Crippen molar-refractivity contribution < 1.29 is 23.5 Å². The van der Waals surface area contributed by atoms with Gasteiger partial charge in [-0.15, -0.1) is 0 Å². The first-order valence-corrected chi connectivity index (χ1v) is 5.90. The summed E-state index contributed by atoms with van der Waals surface area (Å²) < 4.78 is 23.9. The van der Waals surface area contributed by atoms with Crippen LogP contribution in [0.25, 0.3) is 0 Å². The predicted octanol–water partition coefficient (Wildman–Crippen LogP) is 1.65. The summed E-state index contributed by atoms with van der Waals surface area (Å²) in [5.41, 5.74) is -3.30. The second-order valence-electron chi connectivity index (χ2n) is 6.09. The van der Waals surface area contributed by atoms with Gasteiger partial charge in [0.05, 0.1) is 13.7 Å². The van der Waals surface area contributed by atoms with Crippen molar-refractivity contribution in [3.8, 4) is 0 Å². The zero-order chi connectivity index (χ0) is 13.8. The number of esters is 1. The van der Waals surface area contributed by atoms with Gasteiger partial charge in [0.15, 0.2) is 0 Å². The Morgan fingerprint density at radius 2 is 1.83 bits per heavy atom. The normalized spacial score (nSPS) is 33.9. The van der Waals surface area contributed by atoms with E-state index in [2.05, 4.69) is 4.74 Å². The van der Waals surface area contributed by atoms with Gasteiger partial charge in [-0.05, 0) is 20.8 Å². The number of hydrogen-bond donors (Lipinski definition) is 0. The van der Waals surface area contributed by atoms with Crippen molar-refractivity contribution in [3.63, 3.8) is 0 Å². The molecule has 3 fully saturated rings. The van der Waals surface area contributed by atoms with Gasteiger partial charge in [-0.3, -0.25) is 4.90 Å². The molecule has 2 bridgehead atoms. The monoisotopic (exact) mass is 259 g/mol. The van der Waals surface area contributed by atoms with Gasteiger partial charge < -0.3 is 9.47 Å². The number of rotatable bonds is 1. The largest absolute Gasteiger partial charge is 0.467 e. The molecular formula is C12H18FNO4. The van der Waals surface area contributed by atoms with E-state index >= 15 is 0 Å². The molecule has 0 aromatic heterocycles. The lowest BCUT2D eigenvalue weighted by Gasteiger charge is -2.40. The van der Waals surface area contributed by atoms with Crippen molar-refractivity contribution in [1.29, 1.82) is 0 Å². The van der Waals surface area contributed by atoms with Gasteiger partial charge in [-0.1, -0.05) is 0 Å². The molecule has 5 nitrogen and oxygen atoms in total. The predicted molar refractivity (Wildman–Crippen MR) is 60.8 cm³/mol. The molecule has 0 unspecified atom stereocenters. The molecule has 2 heterocycles. The topological polar surface area (TPSA) is 55.8 Å². The van der Waals surface area contributed by atoms with Crippen molar-refractivity contribution in [1.82, 2.24) is 4.90 Å². The van der Waals surface area contributed by atoms with Crippen LogP contribution in [-0.4, -0.2) is 47.4 Å². The number of methoxy groups -OCH3 is 1. The molecule has 0 atom stereocenters. The van der Waals surface area contributed by atoms with Crippen LogP contribution in [0.4, 0.5) is 9.18 Å². The van der Waals surface area contributed by atoms with E-state index < -0.39 is 28.9 Å². The molecule has 0 aromatic carbocycles. The third kappa shape index (κ3) is 1.83. The fraction of sp³-hybridized carbons (Fsp3) is 0.833. The van der Waals surface area contributed by atoms with Crippen molar-refractivity contribution in [2.45, 2.75) is 50.4 Å². The second kappa shape index (κ2) is 3.59. The summed E-state index contributed by atoms with van der Waals surface area (Å²) >= 11 is 0. The molecular weight excluding hydrogens is 241 g/mol. The number of amides is 1. The minimum Gasteiger partial charge on any atom is -0.467 e. The van der Waals surface area contributed by atoms with Crippen LogP contribution in [0.15, 0.2) is 0 Å². The van der Waals surface area contributed by atoms with Crippen LogP contribution < -0.4 is 0 Å². The maximum atomic E-state index is 14.0. The summed E-state index contributed by atoms with van der Waals surface area (Å²) in [6.07, 6.45) is -0.650. The molecule has 102 valence electrons. The van der Waals surface area contributed by atoms with E-state index in [0.717, 1.165) is 0 Å². The number of fused-ring (bicyclic) bond motifs is 1. The Balaban J connectivity index is 2.18. The Hall–Kier alpha value is -1.33. The number of carbonyl (C=O) groups is 2. The average molecular weight is 259 g/mol. The Kier molecular flexibility index (Phi) is 2.61. The van der Waals surface area contributed by atoms with Gasteiger partial charge in [0.25, 0.3) is 0 Å². The van der Waals surface area contributed by atoms with Crippen LogP contribution in [0, 0.1) is 0 Å². The third-order valence-electron chi connectivity index (χ3n) is 3.36. The van der Waals surface area contributed by atoms with E-state index in [1.165, 1.54) is 12.0 Å². The van der Waals surface area contributed by atoms with Crippen LogP contribution in [0.5, 0.6) is 0 Å². The van der Waals surface area contributed by atoms with Crippen LogP contribution in [-0.2, 0) is 14.3 Å². The summed E-state index contributed by atoms with van der Waals surface area (Å²) in [5, 5.41) is 0. The summed E-state index contributed by atoms with van der Waals surface area (Å²) in [7, 11) is 1.24. The Labute approximate surface area is 105 Å². The zero-order valence-electron chi connectivity index (χ0n) is 11.1. The highest BCUT2D eigenvalue weighted by molar-refractivity contribution is 5.89. The van der Waals surface area contributed by atoms with E-state index in [1.807, 2.05) is 0 Å². The standard InChI is InChI=1S/C12H18FNO4/c1-10(2,3)18-9(16)14-7-11(13)5-12(14,6-11)8(15)17-4/h5-7H2,1-4H3. The molecule has 1 amide bonds. The van der Waals surface area contributed by atoms with Gasteiger partial charge in [-0.2, -0.15) is 0 Å². The SMILES string of the molecule is COC(=O)C12CC(F)(CN1C(=O)OC(C)(C)C)C2. The maximum absolute atomic E-state index is 14.0. The number of carbonyl (C=O) groups excluding carboxylic acids is 2.